The molecule has 0 unspecified atom stereocenters. The van der Waals surface area contributed by atoms with Gasteiger partial charge >= 0.3 is 5.97 Å². The molecule has 0 aromatic rings. The van der Waals surface area contributed by atoms with E-state index in [0.29, 0.717) is 23.2 Å². The fraction of sp³-hybridized carbons (Fsp3) is 0.941. The normalized spacial score (nSPS) is 47.0. The van der Waals surface area contributed by atoms with Crippen LogP contribution in [0, 0.1) is 34.5 Å². The van der Waals surface area contributed by atoms with Gasteiger partial charge in [0.1, 0.15) is 0 Å². The number of carboxylic acid groups (broad SMARTS) is 1. The van der Waals surface area contributed by atoms with Gasteiger partial charge in [-0.25, -0.2) is 0 Å². The van der Waals surface area contributed by atoms with Crippen molar-refractivity contribution in [2.75, 3.05) is 0 Å². The molecule has 3 saturated carbocycles. The van der Waals surface area contributed by atoms with E-state index in [2.05, 4.69) is 20.8 Å². The van der Waals surface area contributed by atoms with Gasteiger partial charge in [0.25, 0.3) is 0 Å². The number of hydrogen-bond donors (Lipinski definition) is 2. The number of hydrogen-bond acceptors (Lipinski definition) is 2. The van der Waals surface area contributed by atoms with E-state index in [4.69, 9.17) is 5.11 Å². The predicted octanol–water partition coefficient (Wildman–Crippen LogP) is 3.31. The van der Waals surface area contributed by atoms with Crippen molar-refractivity contribution in [1.29, 1.82) is 0 Å². The van der Waals surface area contributed by atoms with Crippen molar-refractivity contribution in [3.8, 4) is 0 Å². The minimum atomic E-state index is -0.865. The van der Waals surface area contributed by atoms with Gasteiger partial charge in [0, 0.05) is 0 Å². The van der Waals surface area contributed by atoms with Crippen molar-refractivity contribution in [3.05, 3.63) is 0 Å². The number of carbonyl (C=O) groups is 1. The summed E-state index contributed by atoms with van der Waals surface area (Å²) < 4.78 is 0. The molecule has 3 aliphatic carbocycles. The standard InChI is InChI=1S/C17H28O3/c1-16(2)7-4-8-17(3)11-6-5-10(14(11)16)15(17)12(18)9-13(19)20/h10-12,14-15,18H,4-9H2,1-3H3,(H,19,20)/t10-,11+,12+,14-,15+,17-/m0/s1. The van der Waals surface area contributed by atoms with Crippen LogP contribution < -0.4 is 0 Å². The van der Waals surface area contributed by atoms with Crippen molar-refractivity contribution in [2.24, 2.45) is 34.5 Å². The van der Waals surface area contributed by atoms with Crippen molar-refractivity contribution in [1.82, 2.24) is 0 Å². The van der Waals surface area contributed by atoms with Crippen LogP contribution in [0.1, 0.15) is 59.3 Å². The van der Waals surface area contributed by atoms with Gasteiger partial charge in [0.15, 0.2) is 0 Å². The molecule has 3 aliphatic rings. The van der Waals surface area contributed by atoms with Crippen LogP contribution in [-0.2, 0) is 4.79 Å². The van der Waals surface area contributed by atoms with E-state index in [1.54, 1.807) is 0 Å². The summed E-state index contributed by atoms with van der Waals surface area (Å²) in [6.45, 7) is 7.11. The second-order valence-electron chi connectivity index (χ2n) is 8.41. The van der Waals surface area contributed by atoms with Gasteiger partial charge in [0.05, 0.1) is 12.5 Å². The van der Waals surface area contributed by atoms with Crippen LogP contribution in [0.5, 0.6) is 0 Å². The van der Waals surface area contributed by atoms with Crippen LogP contribution >= 0.6 is 0 Å². The van der Waals surface area contributed by atoms with Gasteiger partial charge in [-0.2, -0.15) is 0 Å². The third-order valence-electron chi connectivity index (χ3n) is 7.01. The van der Waals surface area contributed by atoms with Crippen LogP contribution in [0.3, 0.4) is 0 Å². The highest BCUT2D eigenvalue weighted by molar-refractivity contribution is 5.67. The number of aliphatic hydroxyl groups is 1. The quantitative estimate of drug-likeness (QED) is 0.834. The third kappa shape index (κ3) is 1.85. The number of aliphatic hydroxyl groups excluding tert-OH is 1. The molecule has 0 aromatic heterocycles. The predicted molar refractivity (Wildman–Crippen MR) is 77.2 cm³/mol. The highest BCUT2D eigenvalue weighted by Gasteiger charge is 2.66. The molecule has 0 spiro atoms. The SMILES string of the molecule is CC1(C)CCC[C@]2(C)[C@@H]([C@H](O)CC(=O)O)[C@H]3CC[C@@H]2[C@H]31. The fourth-order valence-corrected chi connectivity index (χ4v) is 6.51. The summed E-state index contributed by atoms with van der Waals surface area (Å²) in [5.41, 5.74) is 0.511. The van der Waals surface area contributed by atoms with Crippen LogP contribution in [0.4, 0.5) is 0 Å². The molecule has 3 fully saturated rings. The van der Waals surface area contributed by atoms with Crippen LogP contribution in [-0.4, -0.2) is 22.3 Å². The first-order chi connectivity index (χ1) is 9.27. The van der Waals surface area contributed by atoms with Crippen LogP contribution in [0.25, 0.3) is 0 Å². The minimum absolute atomic E-state index is 0.0867. The molecular weight excluding hydrogens is 252 g/mol. The molecule has 6 atom stereocenters. The molecule has 0 heterocycles. The lowest BCUT2D eigenvalue weighted by Gasteiger charge is -2.43. The number of carboxylic acids is 1. The molecular formula is C17H28O3. The Labute approximate surface area is 121 Å². The Balaban J connectivity index is 1.95. The average Bonchev–Trinajstić information content (AvgIpc) is 2.78. The third-order valence-corrected chi connectivity index (χ3v) is 7.01. The number of rotatable bonds is 3. The van der Waals surface area contributed by atoms with Crippen molar-refractivity contribution in [2.45, 2.75) is 65.4 Å². The lowest BCUT2D eigenvalue weighted by Crippen LogP contribution is -2.42. The van der Waals surface area contributed by atoms with Gasteiger partial charge < -0.3 is 10.2 Å². The highest BCUT2D eigenvalue weighted by atomic mass is 16.4. The molecule has 0 aromatic carbocycles. The first-order valence-electron chi connectivity index (χ1n) is 8.17. The molecule has 2 N–H and O–H groups in total. The fourth-order valence-electron chi connectivity index (χ4n) is 6.51. The Morgan fingerprint density at radius 3 is 2.60 bits per heavy atom. The van der Waals surface area contributed by atoms with Crippen molar-refractivity contribution in [3.63, 3.8) is 0 Å². The summed E-state index contributed by atoms with van der Waals surface area (Å²) >= 11 is 0. The van der Waals surface area contributed by atoms with E-state index in [9.17, 15) is 9.90 Å². The van der Waals surface area contributed by atoms with E-state index in [1.807, 2.05) is 0 Å². The molecule has 114 valence electrons. The Morgan fingerprint density at radius 1 is 1.25 bits per heavy atom. The molecule has 20 heavy (non-hydrogen) atoms. The molecule has 0 radical (unpaired) electrons. The number of aliphatic carboxylic acids is 1. The largest absolute Gasteiger partial charge is 0.481 e. The topological polar surface area (TPSA) is 57.5 Å². The van der Waals surface area contributed by atoms with E-state index in [0.717, 1.165) is 6.42 Å². The zero-order valence-electron chi connectivity index (χ0n) is 12.9. The minimum Gasteiger partial charge on any atom is -0.481 e. The molecule has 0 saturated heterocycles. The summed E-state index contributed by atoms with van der Waals surface area (Å²) in [6, 6.07) is 0. The van der Waals surface area contributed by atoms with Gasteiger partial charge in [-0.15, -0.1) is 0 Å². The summed E-state index contributed by atoms with van der Waals surface area (Å²) in [6.07, 6.45) is 5.39. The molecule has 3 nitrogen and oxygen atoms in total. The van der Waals surface area contributed by atoms with E-state index in [-0.39, 0.29) is 17.8 Å². The van der Waals surface area contributed by atoms with Crippen LogP contribution in [0.2, 0.25) is 0 Å². The molecule has 0 amide bonds. The molecule has 3 rings (SSSR count). The highest BCUT2D eigenvalue weighted by Crippen LogP contribution is 2.71. The van der Waals surface area contributed by atoms with Crippen molar-refractivity contribution < 1.29 is 15.0 Å². The summed E-state index contributed by atoms with van der Waals surface area (Å²) in [4.78, 5) is 11.0. The van der Waals surface area contributed by atoms with E-state index >= 15 is 0 Å². The average molecular weight is 280 g/mol. The maximum absolute atomic E-state index is 11.0. The second kappa shape index (κ2) is 4.46. The monoisotopic (exact) mass is 280 g/mol. The zero-order chi connectivity index (χ0) is 14.7. The lowest BCUT2D eigenvalue weighted by molar-refractivity contribution is -0.141. The van der Waals surface area contributed by atoms with Gasteiger partial charge in [-0.1, -0.05) is 27.2 Å². The summed E-state index contributed by atoms with van der Waals surface area (Å²) in [7, 11) is 0. The smallest absolute Gasteiger partial charge is 0.305 e. The Bertz CT molecular complexity index is 416. The Kier molecular flexibility index (Phi) is 3.20. The van der Waals surface area contributed by atoms with Gasteiger partial charge in [-0.05, 0) is 60.2 Å². The summed E-state index contributed by atoms with van der Waals surface area (Å²) in [5.74, 6) is 1.24. The van der Waals surface area contributed by atoms with Crippen molar-refractivity contribution >= 4 is 5.97 Å². The molecule has 3 heteroatoms. The van der Waals surface area contributed by atoms with E-state index in [1.165, 1.54) is 25.7 Å². The Hall–Kier alpha value is -0.570. The first-order valence-corrected chi connectivity index (χ1v) is 8.17. The van der Waals surface area contributed by atoms with Crippen LogP contribution in [0.15, 0.2) is 0 Å². The van der Waals surface area contributed by atoms with Gasteiger partial charge in [0.2, 0.25) is 0 Å². The van der Waals surface area contributed by atoms with E-state index < -0.39 is 12.1 Å². The maximum Gasteiger partial charge on any atom is 0.305 e. The Morgan fingerprint density at radius 2 is 1.95 bits per heavy atom. The molecule has 4 bridgehead atoms. The van der Waals surface area contributed by atoms with Gasteiger partial charge in [-0.3, -0.25) is 4.79 Å². The maximum atomic E-state index is 11.0. The second-order valence-corrected chi connectivity index (χ2v) is 8.41. The zero-order valence-corrected chi connectivity index (χ0v) is 12.9. The lowest BCUT2D eigenvalue weighted by atomic mass is 9.62. The molecule has 0 aliphatic heterocycles. The summed E-state index contributed by atoms with van der Waals surface area (Å²) in [5, 5.41) is 19.6. The first kappa shape index (κ1) is 14.4.